The summed E-state index contributed by atoms with van der Waals surface area (Å²) in [7, 11) is 0. The van der Waals surface area contributed by atoms with Crippen LogP contribution in [0.15, 0.2) is 48.9 Å². The van der Waals surface area contributed by atoms with Crippen LogP contribution in [0, 0.1) is 5.41 Å². The molecule has 4 heteroatoms. The normalized spacial score (nSPS) is 15.8. The van der Waals surface area contributed by atoms with Crippen molar-refractivity contribution in [3.8, 4) is 0 Å². The summed E-state index contributed by atoms with van der Waals surface area (Å²) in [5, 5.41) is 2.85. The molecule has 1 aliphatic rings. The molecule has 1 fully saturated rings. The van der Waals surface area contributed by atoms with Crippen molar-refractivity contribution in [3.05, 3.63) is 54.5 Å². The second-order valence-electron chi connectivity index (χ2n) is 4.99. The highest BCUT2D eigenvalue weighted by atomic mass is 16.2. The van der Waals surface area contributed by atoms with E-state index in [1.807, 2.05) is 18.2 Å². The second kappa shape index (κ2) is 4.80. The van der Waals surface area contributed by atoms with Crippen LogP contribution in [0.5, 0.6) is 0 Å². The Labute approximate surface area is 111 Å². The fourth-order valence-electron chi connectivity index (χ4n) is 2.23. The van der Waals surface area contributed by atoms with Gasteiger partial charge >= 0.3 is 0 Å². The third-order valence-corrected chi connectivity index (χ3v) is 3.53. The first-order chi connectivity index (χ1) is 9.28. The summed E-state index contributed by atoms with van der Waals surface area (Å²) < 4.78 is 0. The molecule has 0 atom stereocenters. The number of nitrogens with zero attached hydrogens (tertiary/aromatic N) is 2. The van der Waals surface area contributed by atoms with E-state index < -0.39 is 0 Å². The summed E-state index contributed by atoms with van der Waals surface area (Å²) in [6, 6.07) is 10.1. The Kier molecular flexibility index (Phi) is 2.99. The van der Waals surface area contributed by atoms with E-state index in [-0.39, 0.29) is 11.3 Å². The standard InChI is InChI=1S/C15H15N3O/c19-14(18-13-11-16-8-9-17-13)15(6-7-15)10-12-4-2-1-3-5-12/h1-5,8-9,11H,6-7,10H2,(H,17,18,19). The molecule has 96 valence electrons. The summed E-state index contributed by atoms with van der Waals surface area (Å²) in [5.41, 5.74) is 0.952. The van der Waals surface area contributed by atoms with E-state index in [2.05, 4.69) is 27.4 Å². The van der Waals surface area contributed by atoms with E-state index in [4.69, 9.17) is 0 Å². The number of benzene rings is 1. The zero-order valence-electron chi connectivity index (χ0n) is 10.5. The first-order valence-corrected chi connectivity index (χ1v) is 6.40. The van der Waals surface area contributed by atoms with Gasteiger partial charge in [0.25, 0.3) is 0 Å². The summed E-state index contributed by atoms with van der Waals surface area (Å²) in [5.74, 6) is 0.573. The maximum atomic E-state index is 12.3. The summed E-state index contributed by atoms with van der Waals surface area (Å²) in [4.78, 5) is 20.3. The molecule has 1 saturated carbocycles. The summed E-state index contributed by atoms with van der Waals surface area (Å²) >= 11 is 0. The van der Waals surface area contributed by atoms with Crippen LogP contribution in [0.25, 0.3) is 0 Å². The highest BCUT2D eigenvalue weighted by Gasteiger charge is 2.49. The number of carbonyl (C=O) groups is 1. The van der Waals surface area contributed by atoms with Crippen LogP contribution >= 0.6 is 0 Å². The topological polar surface area (TPSA) is 54.9 Å². The number of nitrogens with one attached hydrogen (secondary N) is 1. The molecule has 4 nitrogen and oxygen atoms in total. The fraction of sp³-hybridized carbons (Fsp3) is 0.267. The van der Waals surface area contributed by atoms with Crippen molar-refractivity contribution in [2.75, 3.05) is 5.32 Å². The van der Waals surface area contributed by atoms with Crippen molar-refractivity contribution < 1.29 is 4.79 Å². The zero-order chi connectivity index (χ0) is 13.1. The van der Waals surface area contributed by atoms with E-state index in [0.29, 0.717) is 5.82 Å². The van der Waals surface area contributed by atoms with Gasteiger partial charge in [-0.1, -0.05) is 30.3 Å². The third kappa shape index (κ3) is 2.62. The van der Waals surface area contributed by atoms with Crippen LogP contribution in [0.3, 0.4) is 0 Å². The number of anilines is 1. The van der Waals surface area contributed by atoms with Crippen molar-refractivity contribution in [2.24, 2.45) is 5.41 Å². The Morgan fingerprint density at radius 2 is 2.00 bits per heavy atom. The van der Waals surface area contributed by atoms with Crippen molar-refractivity contribution in [2.45, 2.75) is 19.3 Å². The molecular formula is C15H15N3O. The Morgan fingerprint density at radius 1 is 1.21 bits per heavy atom. The molecule has 0 aliphatic heterocycles. The molecule has 1 N–H and O–H groups in total. The van der Waals surface area contributed by atoms with E-state index in [0.717, 1.165) is 19.3 Å². The number of amides is 1. The van der Waals surface area contributed by atoms with E-state index >= 15 is 0 Å². The minimum Gasteiger partial charge on any atom is -0.309 e. The fourth-order valence-corrected chi connectivity index (χ4v) is 2.23. The number of hydrogen-bond acceptors (Lipinski definition) is 3. The van der Waals surface area contributed by atoms with Crippen molar-refractivity contribution in [1.82, 2.24) is 9.97 Å². The molecule has 3 rings (SSSR count). The molecule has 1 amide bonds. The predicted octanol–water partition coefficient (Wildman–Crippen LogP) is 2.44. The average molecular weight is 253 g/mol. The largest absolute Gasteiger partial charge is 0.309 e. The molecule has 1 aliphatic carbocycles. The SMILES string of the molecule is O=C(Nc1cnccn1)C1(Cc2ccccc2)CC1. The molecule has 0 unspecified atom stereocenters. The zero-order valence-corrected chi connectivity index (χ0v) is 10.5. The van der Waals surface area contributed by atoms with Crippen molar-refractivity contribution in [3.63, 3.8) is 0 Å². The lowest BCUT2D eigenvalue weighted by atomic mass is 9.95. The molecule has 19 heavy (non-hydrogen) atoms. The Bertz CT molecular complexity index is 564. The van der Waals surface area contributed by atoms with Gasteiger partial charge in [0.2, 0.25) is 5.91 Å². The van der Waals surface area contributed by atoms with Gasteiger partial charge < -0.3 is 5.32 Å². The van der Waals surface area contributed by atoms with Gasteiger partial charge in [0.05, 0.1) is 11.6 Å². The lowest BCUT2D eigenvalue weighted by Gasteiger charge is -2.14. The van der Waals surface area contributed by atoms with E-state index in [1.54, 1.807) is 18.6 Å². The van der Waals surface area contributed by atoms with Gasteiger partial charge in [-0.3, -0.25) is 9.78 Å². The van der Waals surface area contributed by atoms with Crippen LogP contribution < -0.4 is 5.32 Å². The van der Waals surface area contributed by atoms with Crippen LogP contribution in [0.1, 0.15) is 18.4 Å². The third-order valence-electron chi connectivity index (χ3n) is 3.53. The van der Waals surface area contributed by atoms with Crippen LogP contribution in [-0.4, -0.2) is 15.9 Å². The minimum atomic E-state index is -0.251. The molecule has 0 radical (unpaired) electrons. The Morgan fingerprint density at radius 3 is 2.63 bits per heavy atom. The Hall–Kier alpha value is -2.23. The molecule has 1 aromatic carbocycles. The van der Waals surface area contributed by atoms with E-state index in [1.165, 1.54) is 5.56 Å². The summed E-state index contributed by atoms with van der Waals surface area (Å²) in [6.07, 6.45) is 7.40. The van der Waals surface area contributed by atoms with Gasteiger partial charge in [0, 0.05) is 12.4 Å². The highest BCUT2D eigenvalue weighted by molar-refractivity contribution is 5.96. The van der Waals surface area contributed by atoms with Gasteiger partial charge in [-0.15, -0.1) is 0 Å². The number of carbonyl (C=O) groups excluding carboxylic acids is 1. The van der Waals surface area contributed by atoms with Crippen LogP contribution in [0.4, 0.5) is 5.82 Å². The quantitative estimate of drug-likeness (QED) is 0.910. The lowest BCUT2D eigenvalue weighted by Crippen LogP contribution is -2.26. The van der Waals surface area contributed by atoms with Crippen LogP contribution in [-0.2, 0) is 11.2 Å². The molecular weight excluding hydrogens is 238 g/mol. The van der Waals surface area contributed by atoms with Gasteiger partial charge in [-0.05, 0) is 24.8 Å². The number of rotatable bonds is 4. The van der Waals surface area contributed by atoms with E-state index in [9.17, 15) is 4.79 Å². The van der Waals surface area contributed by atoms with Gasteiger partial charge in [0.15, 0.2) is 5.82 Å². The molecule has 1 aromatic heterocycles. The molecule has 1 heterocycles. The minimum absolute atomic E-state index is 0.0526. The average Bonchev–Trinajstić information content (AvgIpc) is 3.22. The second-order valence-corrected chi connectivity index (χ2v) is 4.99. The lowest BCUT2D eigenvalue weighted by molar-refractivity contribution is -0.121. The van der Waals surface area contributed by atoms with Gasteiger partial charge in [-0.25, -0.2) is 4.98 Å². The maximum absolute atomic E-state index is 12.3. The number of aromatic nitrogens is 2. The summed E-state index contributed by atoms with van der Waals surface area (Å²) in [6.45, 7) is 0. The van der Waals surface area contributed by atoms with Crippen molar-refractivity contribution in [1.29, 1.82) is 0 Å². The maximum Gasteiger partial charge on any atom is 0.232 e. The van der Waals surface area contributed by atoms with Gasteiger partial charge in [-0.2, -0.15) is 0 Å². The Balaban J connectivity index is 1.69. The molecule has 0 bridgehead atoms. The monoisotopic (exact) mass is 253 g/mol. The first kappa shape index (κ1) is 11.8. The van der Waals surface area contributed by atoms with Gasteiger partial charge in [0.1, 0.15) is 0 Å². The molecule has 0 spiro atoms. The predicted molar refractivity (Wildman–Crippen MR) is 72.5 cm³/mol. The molecule has 2 aromatic rings. The first-order valence-electron chi connectivity index (χ1n) is 6.40. The molecule has 0 saturated heterocycles. The highest BCUT2D eigenvalue weighted by Crippen LogP contribution is 2.49. The van der Waals surface area contributed by atoms with Crippen molar-refractivity contribution >= 4 is 11.7 Å². The smallest absolute Gasteiger partial charge is 0.232 e. The van der Waals surface area contributed by atoms with Crippen LogP contribution in [0.2, 0.25) is 0 Å². The number of hydrogen-bond donors (Lipinski definition) is 1.